The molecule has 1 aromatic heterocycles. The molecule has 0 unspecified atom stereocenters. The number of aliphatic imine (C=N–C) groups is 1. The smallest absolute Gasteiger partial charge is 0.363 e. The highest BCUT2D eigenvalue weighted by atomic mass is 127. The molecule has 6 nitrogen and oxygen atoms in total. The Hall–Kier alpha value is -3.07. The van der Waals surface area contributed by atoms with E-state index in [0.717, 1.165) is 14.7 Å². The average molecular weight is 515 g/mol. The molecule has 2 heterocycles. The van der Waals surface area contributed by atoms with Crippen LogP contribution in [0.15, 0.2) is 76.0 Å². The normalized spacial score (nSPS) is 14.5. The minimum atomic E-state index is -0.529. The van der Waals surface area contributed by atoms with Gasteiger partial charge in [0.25, 0.3) is 5.90 Å². The number of rotatable bonds is 7. The van der Waals surface area contributed by atoms with Gasteiger partial charge in [-0.1, -0.05) is 18.2 Å². The quantitative estimate of drug-likeness (QED) is 0.246. The Balaban J connectivity index is 1.55. The molecule has 0 amide bonds. The lowest BCUT2D eigenvalue weighted by atomic mass is 10.1. The average Bonchev–Trinajstić information content (AvgIpc) is 3.38. The second-order valence-electron chi connectivity index (χ2n) is 6.37. The molecule has 0 aliphatic carbocycles. The summed E-state index contributed by atoms with van der Waals surface area (Å²) in [6.45, 7) is 2.83. The fraction of sp³-hybridized carbons (Fsp3) is 0.130. The van der Waals surface area contributed by atoms with E-state index in [1.165, 1.54) is 6.26 Å². The Morgan fingerprint density at radius 3 is 2.73 bits per heavy atom. The molecule has 1 aliphatic rings. The van der Waals surface area contributed by atoms with Crippen molar-refractivity contribution in [1.29, 1.82) is 0 Å². The first-order chi connectivity index (χ1) is 14.6. The molecule has 4 rings (SSSR count). The molecular weight excluding hydrogens is 497 g/mol. The minimum Gasteiger partial charge on any atom is -0.490 e. The van der Waals surface area contributed by atoms with Crippen LogP contribution in [0, 0.1) is 3.57 Å². The maximum atomic E-state index is 12.1. The van der Waals surface area contributed by atoms with Gasteiger partial charge in [0.05, 0.1) is 12.9 Å². The van der Waals surface area contributed by atoms with Crippen molar-refractivity contribution < 1.29 is 23.4 Å². The van der Waals surface area contributed by atoms with Gasteiger partial charge in [0.2, 0.25) is 0 Å². The first-order valence-corrected chi connectivity index (χ1v) is 10.4. The predicted molar refractivity (Wildman–Crippen MR) is 120 cm³/mol. The van der Waals surface area contributed by atoms with Gasteiger partial charge < -0.3 is 18.6 Å². The van der Waals surface area contributed by atoms with Gasteiger partial charge in [0.1, 0.15) is 6.61 Å². The Morgan fingerprint density at radius 2 is 1.97 bits per heavy atom. The van der Waals surface area contributed by atoms with Crippen LogP contribution in [0.3, 0.4) is 0 Å². The number of hydrogen-bond donors (Lipinski definition) is 0. The maximum absolute atomic E-state index is 12.1. The topological polar surface area (TPSA) is 70.3 Å². The molecule has 0 spiro atoms. The largest absolute Gasteiger partial charge is 0.490 e. The zero-order chi connectivity index (χ0) is 20.9. The number of esters is 1. The molecular formula is C23H18INO5. The van der Waals surface area contributed by atoms with Crippen LogP contribution in [0.4, 0.5) is 0 Å². The highest BCUT2D eigenvalue weighted by molar-refractivity contribution is 14.1. The molecule has 7 heteroatoms. The first-order valence-electron chi connectivity index (χ1n) is 9.33. The molecule has 0 saturated heterocycles. The van der Waals surface area contributed by atoms with Crippen LogP contribution in [0.5, 0.6) is 11.5 Å². The van der Waals surface area contributed by atoms with Crippen LogP contribution in [-0.2, 0) is 16.1 Å². The van der Waals surface area contributed by atoms with E-state index < -0.39 is 5.97 Å². The van der Waals surface area contributed by atoms with Gasteiger partial charge in [0.15, 0.2) is 23.0 Å². The summed E-state index contributed by atoms with van der Waals surface area (Å²) in [4.78, 5) is 16.4. The van der Waals surface area contributed by atoms with Crippen LogP contribution in [-0.4, -0.2) is 18.5 Å². The number of halogens is 1. The zero-order valence-electron chi connectivity index (χ0n) is 16.1. The number of furan rings is 1. The summed E-state index contributed by atoms with van der Waals surface area (Å²) in [6.07, 6.45) is 3.14. The molecule has 0 atom stereocenters. The number of ether oxygens (including phenoxy) is 3. The van der Waals surface area contributed by atoms with Gasteiger partial charge in [-0.3, -0.25) is 0 Å². The van der Waals surface area contributed by atoms with Crippen molar-refractivity contribution in [2.75, 3.05) is 6.61 Å². The second kappa shape index (κ2) is 9.17. The number of carbonyl (C=O) groups excluding carboxylic acids is 1. The zero-order valence-corrected chi connectivity index (χ0v) is 18.3. The van der Waals surface area contributed by atoms with Crippen LogP contribution < -0.4 is 9.47 Å². The van der Waals surface area contributed by atoms with Gasteiger partial charge in [-0.25, -0.2) is 9.79 Å². The van der Waals surface area contributed by atoms with E-state index in [9.17, 15) is 4.79 Å². The molecule has 0 fully saturated rings. The summed E-state index contributed by atoms with van der Waals surface area (Å²) in [6, 6.07) is 17.0. The van der Waals surface area contributed by atoms with Gasteiger partial charge >= 0.3 is 5.97 Å². The molecule has 2 aromatic carbocycles. The summed E-state index contributed by atoms with van der Waals surface area (Å²) in [5.74, 6) is 1.25. The summed E-state index contributed by atoms with van der Waals surface area (Å²) in [7, 11) is 0. The van der Waals surface area contributed by atoms with Gasteiger partial charge in [-0.15, -0.1) is 0 Å². The maximum Gasteiger partial charge on any atom is 0.363 e. The first kappa shape index (κ1) is 20.2. The fourth-order valence-electron chi connectivity index (χ4n) is 2.86. The molecule has 3 aromatic rings. The highest BCUT2D eigenvalue weighted by Gasteiger charge is 2.25. The van der Waals surface area contributed by atoms with E-state index in [-0.39, 0.29) is 11.6 Å². The third-order valence-corrected chi connectivity index (χ3v) is 4.88. The SMILES string of the molecule is CCOc1cc(/C=C2\N=C(c3ccco3)OC2=O)ccc1OCc1cccc(I)c1. The van der Waals surface area contributed by atoms with Crippen LogP contribution in [0.2, 0.25) is 0 Å². The van der Waals surface area contributed by atoms with E-state index >= 15 is 0 Å². The van der Waals surface area contributed by atoms with Crippen molar-refractivity contribution in [3.8, 4) is 11.5 Å². The number of cyclic esters (lactones) is 1. The lowest BCUT2D eigenvalue weighted by Crippen LogP contribution is -2.04. The molecule has 0 radical (unpaired) electrons. The van der Waals surface area contributed by atoms with E-state index in [1.54, 1.807) is 18.2 Å². The second-order valence-corrected chi connectivity index (χ2v) is 7.62. The van der Waals surface area contributed by atoms with Crippen molar-refractivity contribution >= 4 is 40.5 Å². The molecule has 0 N–H and O–H groups in total. The Kier molecular flexibility index (Phi) is 6.18. The summed E-state index contributed by atoms with van der Waals surface area (Å²) >= 11 is 2.27. The van der Waals surface area contributed by atoms with Crippen LogP contribution in [0.25, 0.3) is 6.08 Å². The monoisotopic (exact) mass is 515 g/mol. The molecule has 1 aliphatic heterocycles. The number of carbonyl (C=O) groups is 1. The van der Waals surface area contributed by atoms with Crippen molar-refractivity contribution in [3.63, 3.8) is 0 Å². The van der Waals surface area contributed by atoms with Crippen molar-refractivity contribution in [1.82, 2.24) is 0 Å². The lowest BCUT2D eigenvalue weighted by Gasteiger charge is -2.13. The summed E-state index contributed by atoms with van der Waals surface area (Å²) < 4.78 is 23.3. The van der Waals surface area contributed by atoms with E-state index in [4.69, 9.17) is 18.6 Å². The Bertz CT molecular complexity index is 1120. The van der Waals surface area contributed by atoms with Crippen LogP contribution in [0.1, 0.15) is 23.8 Å². The van der Waals surface area contributed by atoms with Crippen molar-refractivity contribution in [2.24, 2.45) is 4.99 Å². The van der Waals surface area contributed by atoms with Crippen molar-refractivity contribution in [3.05, 3.63) is 87.0 Å². The van der Waals surface area contributed by atoms with Gasteiger partial charge in [-0.2, -0.15) is 0 Å². The molecule has 30 heavy (non-hydrogen) atoms. The predicted octanol–water partition coefficient (Wildman–Crippen LogP) is 5.21. The Morgan fingerprint density at radius 1 is 1.07 bits per heavy atom. The highest BCUT2D eigenvalue weighted by Crippen LogP contribution is 2.31. The Labute approximate surface area is 187 Å². The van der Waals surface area contributed by atoms with Gasteiger partial charge in [0, 0.05) is 3.57 Å². The molecule has 152 valence electrons. The fourth-order valence-corrected chi connectivity index (χ4v) is 3.47. The third kappa shape index (κ3) is 4.73. The van der Waals surface area contributed by atoms with E-state index in [0.29, 0.717) is 30.5 Å². The minimum absolute atomic E-state index is 0.152. The number of benzene rings is 2. The van der Waals surface area contributed by atoms with Gasteiger partial charge in [-0.05, 0) is 83.1 Å². The summed E-state index contributed by atoms with van der Waals surface area (Å²) in [5, 5.41) is 0. The number of nitrogens with zero attached hydrogens (tertiary/aromatic N) is 1. The van der Waals surface area contributed by atoms with E-state index in [2.05, 4.69) is 33.6 Å². The molecule has 0 saturated carbocycles. The standard InChI is InChI=1S/C23H18INO5/c1-2-27-21-13-15(8-9-19(21)29-14-16-5-3-6-17(24)11-16)12-18-23(26)30-22(25-18)20-7-4-10-28-20/h3-13H,2,14H2,1H3/b18-12-. The third-order valence-electron chi connectivity index (χ3n) is 4.21. The molecule has 0 bridgehead atoms. The summed E-state index contributed by atoms with van der Waals surface area (Å²) in [5.41, 5.74) is 2.01. The lowest BCUT2D eigenvalue weighted by molar-refractivity contribution is -0.130. The van der Waals surface area contributed by atoms with Crippen molar-refractivity contribution in [2.45, 2.75) is 13.5 Å². The van der Waals surface area contributed by atoms with Crippen LogP contribution >= 0.6 is 22.6 Å². The number of hydrogen-bond acceptors (Lipinski definition) is 6. The van der Waals surface area contributed by atoms with E-state index in [1.807, 2.05) is 43.3 Å².